The lowest BCUT2D eigenvalue weighted by molar-refractivity contribution is -0.130. The van der Waals surface area contributed by atoms with Gasteiger partial charge in [0.25, 0.3) is 0 Å². The Morgan fingerprint density at radius 3 is 2.56 bits per heavy atom. The average molecular weight is 342 g/mol. The Bertz CT molecular complexity index is 713. The van der Waals surface area contributed by atoms with E-state index < -0.39 is 0 Å². The van der Waals surface area contributed by atoms with Crippen molar-refractivity contribution in [2.75, 3.05) is 37.7 Å². The second kappa shape index (κ2) is 7.59. The molecule has 134 valence electrons. The predicted molar refractivity (Wildman–Crippen MR) is 98.2 cm³/mol. The minimum absolute atomic E-state index is 0.172. The molecule has 1 aromatic heterocycles. The van der Waals surface area contributed by atoms with Crippen LogP contribution in [-0.4, -0.2) is 53.8 Å². The Labute approximate surface area is 148 Å². The highest BCUT2D eigenvalue weighted by Gasteiger charge is 2.24. The summed E-state index contributed by atoms with van der Waals surface area (Å²) in [4.78, 5) is 16.9. The van der Waals surface area contributed by atoms with Crippen molar-refractivity contribution in [3.05, 3.63) is 41.2 Å². The van der Waals surface area contributed by atoms with Gasteiger partial charge in [0.15, 0.2) is 0 Å². The van der Waals surface area contributed by atoms with E-state index in [1.807, 2.05) is 43.9 Å². The van der Waals surface area contributed by atoms with Gasteiger partial charge in [-0.05, 0) is 32.9 Å². The maximum atomic E-state index is 12.6. The summed E-state index contributed by atoms with van der Waals surface area (Å²) in [5.41, 5.74) is 4.03. The van der Waals surface area contributed by atoms with E-state index in [9.17, 15) is 4.79 Å². The van der Waals surface area contributed by atoms with Gasteiger partial charge in [0.2, 0.25) is 5.91 Å². The molecule has 0 saturated carbocycles. The molecule has 0 atom stereocenters. The standard InChI is InChI=1S/C19H26N4O2/c1-4-25-18-8-6-5-7-17(18)22-9-11-23(12-10-22)19(24)13-16-14(2)20-21-15(16)3/h5-8H,4,9-13H2,1-3H3,(H,20,21). The Balaban J connectivity index is 1.61. The highest BCUT2D eigenvalue weighted by atomic mass is 16.5. The minimum atomic E-state index is 0.172. The Kier molecular flexibility index (Phi) is 5.26. The smallest absolute Gasteiger partial charge is 0.227 e. The second-order valence-corrected chi connectivity index (χ2v) is 6.36. The van der Waals surface area contributed by atoms with Gasteiger partial charge in [-0.1, -0.05) is 12.1 Å². The largest absolute Gasteiger partial charge is 0.492 e. The molecule has 1 amide bonds. The van der Waals surface area contributed by atoms with Gasteiger partial charge in [0, 0.05) is 37.4 Å². The number of amides is 1. The molecule has 0 spiro atoms. The number of para-hydroxylation sites is 2. The molecule has 1 aromatic carbocycles. The zero-order valence-corrected chi connectivity index (χ0v) is 15.2. The molecule has 2 heterocycles. The number of carbonyl (C=O) groups is 1. The number of carbonyl (C=O) groups excluding carboxylic acids is 1. The van der Waals surface area contributed by atoms with Crippen molar-refractivity contribution in [2.24, 2.45) is 0 Å². The van der Waals surface area contributed by atoms with Gasteiger partial charge >= 0.3 is 0 Å². The van der Waals surface area contributed by atoms with E-state index in [0.717, 1.165) is 54.6 Å². The Hall–Kier alpha value is -2.50. The van der Waals surface area contributed by atoms with Crippen LogP contribution in [0, 0.1) is 13.8 Å². The number of hydrogen-bond donors (Lipinski definition) is 1. The monoisotopic (exact) mass is 342 g/mol. The molecule has 0 unspecified atom stereocenters. The van der Waals surface area contributed by atoms with Gasteiger partial charge < -0.3 is 14.5 Å². The molecule has 1 aliphatic rings. The van der Waals surface area contributed by atoms with Crippen LogP contribution in [0.3, 0.4) is 0 Å². The fourth-order valence-corrected chi connectivity index (χ4v) is 3.29. The summed E-state index contributed by atoms with van der Waals surface area (Å²) < 4.78 is 5.73. The van der Waals surface area contributed by atoms with Crippen LogP contribution >= 0.6 is 0 Å². The van der Waals surface area contributed by atoms with Crippen molar-refractivity contribution in [3.63, 3.8) is 0 Å². The first-order chi connectivity index (χ1) is 12.1. The van der Waals surface area contributed by atoms with E-state index in [2.05, 4.69) is 21.2 Å². The van der Waals surface area contributed by atoms with Gasteiger partial charge in [0.05, 0.1) is 24.4 Å². The fraction of sp³-hybridized carbons (Fsp3) is 0.474. The molecule has 0 aliphatic carbocycles. The summed E-state index contributed by atoms with van der Waals surface area (Å²) in [6.07, 6.45) is 0.420. The van der Waals surface area contributed by atoms with E-state index in [1.165, 1.54) is 0 Å². The third kappa shape index (κ3) is 3.78. The van der Waals surface area contributed by atoms with Crippen LogP contribution in [0.4, 0.5) is 5.69 Å². The summed E-state index contributed by atoms with van der Waals surface area (Å²) in [6.45, 7) is 9.65. The number of ether oxygens (including phenoxy) is 1. The van der Waals surface area contributed by atoms with Crippen molar-refractivity contribution < 1.29 is 9.53 Å². The van der Waals surface area contributed by atoms with E-state index in [4.69, 9.17) is 4.74 Å². The van der Waals surface area contributed by atoms with Crippen molar-refractivity contribution in [2.45, 2.75) is 27.2 Å². The van der Waals surface area contributed by atoms with Crippen LogP contribution in [-0.2, 0) is 11.2 Å². The first-order valence-electron chi connectivity index (χ1n) is 8.85. The first kappa shape index (κ1) is 17.3. The van der Waals surface area contributed by atoms with Gasteiger partial charge in [-0.15, -0.1) is 0 Å². The third-order valence-corrected chi connectivity index (χ3v) is 4.75. The average Bonchev–Trinajstić information content (AvgIpc) is 2.94. The van der Waals surface area contributed by atoms with Gasteiger partial charge in [-0.3, -0.25) is 9.89 Å². The minimum Gasteiger partial charge on any atom is -0.492 e. The molecule has 3 rings (SSSR count). The zero-order chi connectivity index (χ0) is 17.8. The number of aryl methyl sites for hydroxylation is 2. The quantitative estimate of drug-likeness (QED) is 0.906. The molecule has 1 aliphatic heterocycles. The summed E-state index contributed by atoms with van der Waals surface area (Å²) in [5, 5.41) is 7.12. The van der Waals surface area contributed by atoms with Crippen LogP contribution in [0.2, 0.25) is 0 Å². The number of nitrogens with zero attached hydrogens (tertiary/aromatic N) is 3. The number of benzene rings is 1. The molecule has 1 saturated heterocycles. The van der Waals surface area contributed by atoms with Crippen molar-refractivity contribution >= 4 is 11.6 Å². The summed E-state index contributed by atoms with van der Waals surface area (Å²) in [7, 11) is 0. The Morgan fingerprint density at radius 2 is 1.92 bits per heavy atom. The zero-order valence-electron chi connectivity index (χ0n) is 15.2. The van der Waals surface area contributed by atoms with Crippen LogP contribution in [0.1, 0.15) is 23.9 Å². The highest BCUT2D eigenvalue weighted by Crippen LogP contribution is 2.28. The van der Waals surface area contributed by atoms with E-state index >= 15 is 0 Å². The van der Waals surface area contributed by atoms with Crippen LogP contribution < -0.4 is 9.64 Å². The number of anilines is 1. The summed E-state index contributed by atoms with van der Waals surface area (Å²) in [6, 6.07) is 8.10. The van der Waals surface area contributed by atoms with Gasteiger partial charge in [-0.2, -0.15) is 5.10 Å². The molecule has 1 N–H and O–H groups in total. The van der Waals surface area contributed by atoms with Crippen molar-refractivity contribution in [1.82, 2.24) is 15.1 Å². The number of hydrogen-bond acceptors (Lipinski definition) is 4. The van der Waals surface area contributed by atoms with Crippen LogP contribution in [0.25, 0.3) is 0 Å². The molecular formula is C19H26N4O2. The number of rotatable bonds is 5. The number of aromatic amines is 1. The number of aromatic nitrogens is 2. The lowest BCUT2D eigenvalue weighted by atomic mass is 10.1. The maximum Gasteiger partial charge on any atom is 0.227 e. The number of piperazine rings is 1. The van der Waals surface area contributed by atoms with Gasteiger partial charge in [0.1, 0.15) is 5.75 Å². The van der Waals surface area contributed by atoms with E-state index in [-0.39, 0.29) is 5.91 Å². The topological polar surface area (TPSA) is 61.5 Å². The predicted octanol–water partition coefficient (Wildman–Crippen LogP) is 2.32. The molecule has 2 aromatic rings. The van der Waals surface area contributed by atoms with Gasteiger partial charge in [-0.25, -0.2) is 0 Å². The molecule has 0 bridgehead atoms. The summed E-state index contributed by atoms with van der Waals surface area (Å²) in [5.74, 6) is 1.08. The fourth-order valence-electron chi connectivity index (χ4n) is 3.29. The molecule has 6 nitrogen and oxygen atoms in total. The third-order valence-electron chi connectivity index (χ3n) is 4.75. The number of nitrogens with one attached hydrogen (secondary N) is 1. The lowest BCUT2D eigenvalue weighted by Crippen LogP contribution is -2.49. The normalized spacial score (nSPS) is 14.7. The van der Waals surface area contributed by atoms with Crippen molar-refractivity contribution in [1.29, 1.82) is 0 Å². The Morgan fingerprint density at radius 1 is 1.20 bits per heavy atom. The molecular weight excluding hydrogens is 316 g/mol. The SMILES string of the molecule is CCOc1ccccc1N1CCN(C(=O)Cc2c(C)n[nH]c2C)CC1. The van der Waals surface area contributed by atoms with Crippen molar-refractivity contribution in [3.8, 4) is 5.75 Å². The number of H-pyrrole nitrogens is 1. The van der Waals surface area contributed by atoms with E-state index in [1.54, 1.807) is 0 Å². The molecule has 0 radical (unpaired) electrons. The highest BCUT2D eigenvalue weighted by molar-refractivity contribution is 5.79. The van der Waals surface area contributed by atoms with Crippen LogP contribution in [0.15, 0.2) is 24.3 Å². The summed E-state index contributed by atoms with van der Waals surface area (Å²) >= 11 is 0. The lowest BCUT2D eigenvalue weighted by Gasteiger charge is -2.36. The van der Waals surface area contributed by atoms with E-state index in [0.29, 0.717) is 13.0 Å². The molecule has 1 fully saturated rings. The first-order valence-corrected chi connectivity index (χ1v) is 8.85. The molecule has 6 heteroatoms. The molecule has 25 heavy (non-hydrogen) atoms. The maximum absolute atomic E-state index is 12.6. The second-order valence-electron chi connectivity index (χ2n) is 6.36. The van der Waals surface area contributed by atoms with Crippen LogP contribution in [0.5, 0.6) is 5.75 Å².